The molecule has 234 valence electrons. The highest BCUT2D eigenvalue weighted by Crippen LogP contribution is 2.36. The molecule has 0 aromatic heterocycles. The minimum Gasteiger partial charge on any atom is -0.454 e. The zero-order valence-corrected chi connectivity index (χ0v) is 26.7. The summed E-state index contributed by atoms with van der Waals surface area (Å²) in [5, 5.41) is 3.82. The molecule has 1 aliphatic heterocycles. The Labute approximate surface area is 268 Å². The number of carbonyl (C=O) groups excluding carboxylic acids is 2. The van der Waals surface area contributed by atoms with Crippen LogP contribution >= 0.6 is 23.2 Å². The number of carbonyl (C=O) groups is 2. The molecule has 0 radical (unpaired) electrons. The lowest BCUT2D eigenvalue weighted by molar-refractivity contribution is -0.140. The van der Waals surface area contributed by atoms with Crippen LogP contribution in [0.2, 0.25) is 10.0 Å². The van der Waals surface area contributed by atoms with Gasteiger partial charge >= 0.3 is 0 Å². The van der Waals surface area contributed by atoms with E-state index in [1.54, 1.807) is 36.4 Å². The largest absolute Gasteiger partial charge is 0.454 e. The molecule has 0 unspecified atom stereocenters. The van der Waals surface area contributed by atoms with Crippen molar-refractivity contribution in [1.82, 2.24) is 10.2 Å². The normalized spacial score (nSPS) is 15.2. The van der Waals surface area contributed by atoms with Gasteiger partial charge in [0.15, 0.2) is 11.5 Å². The molecule has 0 spiro atoms. The van der Waals surface area contributed by atoms with E-state index in [-0.39, 0.29) is 43.1 Å². The summed E-state index contributed by atoms with van der Waals surface area (Å²) in [7, 11) is -3.92. The fourth-order valence-corrected chi connectivity index (χ4v) is 6.89. The van der Waals surface area contributed by atoms with Gasteiger partial charge in [-0.25, -0.2) is 8.42 Å². The molecular formula is C32H35Cl2N3O6S. The van der Waals surface area contributed by atoms with E-state index >= 15 is 0 Å². The molecule has 9 nitrogen and oxygen atoms in total. The summed E-state index contributed by atoms with van der Waals surface area (Å²) in [6, 6.07) is 18.3. The van der Waals surface area contributed by atoms with Crippen LogP contribution in [0.25, 0.3) is 0 Å². The highest BCUT2D eigenvalue weighted by atomic mass is 35.5. The van der Waals surface area contributed by atoms with Gasteiger partial charge in [0.25, 0.3) is 0 Å². The number of amides is 2. The first kappa shape index (κ1) is 31.9. The maximum atomic E-state index is 14.4. The van der Waals surface area contributed by atoms with Crippen molar-refractivity contribution in [3.63, 3.8) is 0 Å². The SMILES string of the molecule is CCS(=O)(=O)N(CC(=O)N(Cc1ccc(Cl)c(Cl)c1)[C@@H](Cc1ccccc1)C(=O)NC1CCCC1)c1ccc2c(c1)OCO2. The van der Waals surface area contributed by atoms with Crippen molar-refractivity contribution in [2.45, 2.75) is 57.7 Å². The number of ether oxygens (including phenoxy) is 2. The fourth-order valence-electron chi connectivity index (χ4n) is 5.52. The number of rotatable bonds is 12. The van der Waals surface area contributed by atoms with E-state index in [2.05, 4.69) is 5.32 Å². The van der Waals surface area contributed by atoms with Gasteiger partial charge in [-0.2, -0.15) is 0 Å². The predicted molar refractivity (Wildman–Crippen MR) is 171 cm³/mol. The van der Waals surface area contributed by atoms with E-state index in [0.29, 0.717) is 27.1 Å². The average Bonchev–Trinajstić information content (AvgIpc) is 3.71. The molecule has 3 aromatic carbocycles. The molecule has 1 N–H and O–H groups in total. The lowest BCUT2D eigenvalue weighted by atomic mass is 10.0. The summed E-state index contributed by atoms with van der Waals surface area (Å²) < 4.78 is 38.7. The van der Waals surface area contributed by atoms with Crippen LogP contribution < -0.4 is 19.1 Å². The molecule has 44 heavy (non-hydrogen) atoms. The summed E-state index contributed by atoms with van der Waals surface area (Å²) in [6.07, 6.45) is 4.03. The number of fused-ring (bicyclic) bond motifs is 1. The lowest BCUT2D eigenvalue weighted by Crippen LogP contribution is -2.54. The molecule has 2 aliphatic rings. The molecular weight excluding hydrogens is 625 g/mol. The standard InChI is InChI=1S/C32H35Cl2N3O6S/c1-2-44(40,41)37(25-13-15-29-30(18-25)43-21-42-29)20-31(38)36(19-23-12-14-26(33)27(34)16-23)28(17-22-8-4-3-5-9-22)32(39)35-24-10-6-7-11-24/h3-5,8-9,12-16,18,24,28H,2,6-7,10-11,17,19-21H2,1H3,(H,35,39)/t28-/m0/s1. The van der Waals surface area contributed by atoms with Crippen LogP contribution in [0.3, 0.4) is 0 Å². The summed E-state index contributed by atoms with van der Waals surface area (Å²) >= 11 is 12.5. The molecule has 0 bridgehead atoms. The summed E-state index contributed by atoms with van der Waals surface area (Å²) in [4.78, 5) is 29.8. The summed E-state index contributed by atoms with van der Waals surface area (Å²) in [5.41, 5.74) is 1.77. The number of halogens is 2. The molecule has 0 saturated heterocycles. The highest BCUT2D eigenvalue weighted by molar-refractivity contribution is 7.92. The van der Waals surface area contributed by atoms with E-state index in [1.807, 2.05) is 30.3 Å². The van der Waals surface area contributed by atoms with Crippen LogP contribution in [0.15, 0.2) is 66.7 Å². The monoisotopic (exact) mass is 659 g/mol. The van der Waals surface area contributed by atoms with Crippen LogP contribution in [-0.4, -0.2) is 56.3 Å². The zero-order valence-electron chi connectivity index (χ0n) is 24.4. The first-order chi connectivity index (χ1) is 21.1. The molecule has 1 aliphatic carbocycles. The Morgan fingerprint density at radius 1 is 0.932 bits per heavy atom. The second-order valence-electron chi connectivity index (χ2n) is 10.9. The molecule has 1 fully saturated rings. The Hall–Kier alpha value is -3.47. The number of sulfonamides is 1. The molecule has 1 atom stereocenters. The molecule has 1 saturated carbocycles. The number of anilines is 1. The van der Waals surface area contributed by atoms with Crippen LogP contribution in [0, 0.1) is 0 Å². The second-order valence-corrected chi connectivity index (χ2v) is 13.9. The minimum atomic E-state index is -3.92. The Bertz CT molecular complexity index is 1600. The van der Waals surface area contributed by atoms with Crippen molar-refractivity contribution in [2.75, 3.05) is 23.4 Å². The quantitative estimate of drug-likeness (QED) is 0.272. The number of hydrogen-bond acceptors (Lipinski definition) is 6. The van der Waals surface area contributed by atoms with Crippen LogP contribution in [-0.2, 0) is 32.6 Å². The van der Waals surface area contributed by atoms with Gasteiger partial charge in [0, 0.05) is 25.1 Å². The summed E-state index contributed by atoms with van der Waals surface area (Å²) in [6.45, 7) is 1.01. The highest BCUT2D eigenvalue weighted by Gasteiger charge is 2.35. The Morgan fingerprint density at radius 3 is 2.36 bits per heavy atom. The number of benzene rings is 3. The van der Waals surface area contributed by atoms with Crippen molar-refractivity contribution in [3.8, 4) is 11.5 Å². The van der Waals surface area contributed by atoms with Gasteiger partial charge < -0.3 is 19.7 Å². The third-order valence-corrected chi connectivity index (χ3v) is 10.4. The van der Waals surface area contributed by atoms with Crippen molar-refractivity contribution < 1.29 is 27.5 Å². The van der Waals surface area contributed by atoms with E-state index < -0.39 is 28.5 Å². The lowest BCUT2D eigenvalue weighted by Gasteiger charge is -2.34. The van der Waals surface area contributed by atoms with Crippen LogP contribution in [0.1, 0.15) is 43.7 Å². The van der Waals surface area contributed by atoms with E-state index in [1.165, 1.54) is 11.8 Å². The molecule has 12 heteroatoms. The van der Waals surface area contributed by atoms with Crippen molar-refractivity contribution in [1.29, 1.82) is 0 Å². The van der Waals surface area contributed by atoms with Crippen LogP contribution in [0.4, 0.5) is 5.69 Å². The first-order valence-corrected chi connectivity index (χ1v) is 17.0. The average molecular weight is 661 g/mol. The topological polar surface area (TPSA) is 105 Å². The predicted octanol–water partition coefficient (Wildman–Crippen LogP) is 5.58. The fraction of sp³-hybridized carbons (Fsp3) is 0.375. The van der Waals surface area contributed by atoms with Crippen molar-refractivity contribution in [3.05, 3.63) is 87.9 Å². The van der Waals surface area contributed by atoms with E-state index in [4.69, 9.17) is 32.7 Å². The van der Waals surface area contributed by atoms with Gasteiger partial charge in [-0.3, -0.25) is 13.9 Å². The van der Waals surface area contributed by atoms with Gasteiger partial charge in [-0.1, -0.05) is 72.4 Å². The van der Waals surface area contributed by atoms with Crippen molar-refractivity contribution in [2.24, 2.45) is 0 Å². The van der Waals surface area contributed by atoms with Gasteiger partial charge in [0.2, 0.25) is 28.6 Å². The number of hydrogen-bond donors (Lipinski definition) is 1. The molecule has 3 aromatic rings. The minimum absolute atomic E-state index is 0.00641. The number of nitrogens with zero attached hydrogens (tertiary/aromatic N) is 2. The van der Waals surface area contributed by atoms with Crippen molar-refractivity contribution >= 4 is 50.7 Å². The van der Waals surface area contributed by atoms with Crippen LogP contribution in [0.5, 0.6) is 11.5 Å². The molecule has 2 amide bonds. The van der Waals surface area contributed by atoms with E-state index in [0.717, 1.165) is 35.6 Å². The van der Waals surface area contributed by atoms with Gasteiger partial charge in [0.1, 0.15) is 12.6 Å². The van der Waals surface area contributed by atoms with Gasteiger partial charge in [-0.05, 0) is 55.2 Å². The Morgan fingerprint density at radius 2 is 1.66 bits per heavy atom. The smallest absolute Gasteiger partial charge is 0.244 e. The maximum absolute atomic E-state index is 14.4. The third kappa shape index (κ3) is 7.60. The number of nitrogens with one attached hydrogen (secondary N) is 1. The second kappa shape index (κ2) is 14.1. The first-order valence-electron chi connectivity index (χ1n) is 14.6. The Balaban J connectivity index is 1.53. The molecule has 1 heterocycles. The Kier molecular flexibility index (Phi) is 10.2. The van der Waals surface area contributed by atoms with E-state index in [9.17, 15) is 18.0 Å². The zero-order chi connectivity index (χ0) is 31.3. The third-order valence-electron chi connectivity index (χ3n) is 7.93. The maximum Gasteiger partial charge on any atom is 0.244 e. The molecule has 5 rings (SSSR count). The summed E-state index contributed by atoms with van der Waals surface area (Å²) in [5.74, 6) is -0.203. The van der Waals surface area contributed by atoms with Gasteiger partial charge in [0.05, 0.1) is 21.5 Å². The van der Waals surface area contributed by atoms with Gasteiger partial charge in [-0.15, -0.1) is 0 Å².